The molecule has 1 atom stereocenters. The van der Waals surface area contributed by atoms with Crippen LogP contribution < -0.4 is 5.32 Å². The zero-order valence-electron chi connectivity index (χ0n) is 13.0. The topological polar surface area (TPSA) is 49.4 Å². The average molecular weight is 306 g/mol. The van der Waals surface area contributed by atoms with E-state index in [9.17, 15) is 9.59 Å². The quantitative estimate of drug-likeness (QED) is 0.887. The number of fused-ring (bicyclic) bond motifs is 2. The number of amides is 2. The second-order valence-electron chi connectivity index (χ2n) is 6.25. The van der Waals surface area contributed by atoms with Gasteiger partial charge in [0.25, 0.3) is 11.8 Å². The molecule has 4 nitrogen and oxygen atoms in total. The van der Waals surface area contributed by atoms with Crippen LogP contribution in [-0.2, 0) is 12.8 Å². The van der Waals surface area contributed by atoms with Crippen molar-refractivity contribution in [2.75, 3.05) is 11.9 Å². The van der Waals surface area contributed by atoms with E-state index in [-0.39, 0.29) is 17.9 Å². The van der Waals surface area contributed by atoms with Gasteiger partial charge in [-0.2, -0.15) is 0 Å². The average Bonchev–Trinajstić information content (AvgIpc) is 3.11. The summed E-state index contributed by atoms with van der Waals surface area (Å²) in [4.78, 5) is 26.4. The SMILES string of the molecule is CC(Cc1ccc2c(c1)CCN2)N1C(=O)c2ccccc2C1=O. The van der Waals surface area contributed by atoms with Crippen molar-refractivity contribution in [2.24, 2.45) is 0 Å². The Morgan fingerprint density at radius 1 is 1.09 bits per heavy atom. The molecular weight excluding hydrogens is 288 g/mol. The van der Waals surface area contributed by atoms with Crippen molar-refractivity contribution in [1.82, 2.24) is 4.90 Å². The molecule has 0 aromatic heterocycles. The minimum atomic E-state index is -0.180. The lowest BCUT2D eigenvalue weighted by molar-refractivity contribution is 0.0597. The van der Waals surface area contributed by atoms with Crippen molar-refractivity contribution in [3.63, 3.8) is 0 Å². The van der Waals surface area contributed by atoms with E-state index in [1.54, 1.807) is 24.3 Å². The largest absolute Gasteiger partial charge is 0.384 e. The highest BCUT2D eigenvalue weighted by molar-refractivity contribution is 6.21. The Hall–Kier alpha value is -2.62. The Labute approximate surface area is 135 Å². The molecule has 23 heavy (non-hydrogen) atoms. The number of anilines is 1. The molecule has 0 saturated heterocycles. The predicted octanol–water partition coefficient (Wildman–Crippen LogP) is 2.88. The van der Waals surface area contributed by atoms with Gasteiger partial charge in [-0.1, -0.05) is 24.3 Å². The second kappa shape index (κ2) is 5.23. The highest BCUT2D eigenvalue weighted by Gasteiger charge is 2.38. The molecule has 116 valence electrons. The van der Waals surface area contributed by atoms with Gasteiger partial charge >= 0.3 is 0 Å². The summed E-state index contributed by atoms with van der Waals surface area (Å²) in [7, 11) is 0. The molecule has 0 aliphatic carbocycles. The van der Waals surface area contributed by atoms with Crippen LogP contribution in [0.4, 0.5) is 5.69 Å². The summed E-state index contributed by atoms with van der Waals surface area (Å²) in [5.41, 5.74) is 4.71. The lowest BCUT2D eigenvalue weighted by atomic mass is 10.0. The Morgan fingerprint density at radius 3 is 2.48 bits per heavy atom. The van der Waals surface area contributed by atoms with Crippen LogP contribution in [0.25, 0.3) is 0 Å². The molecule has 0 saturated carbocycles. The van der Waals surface area contributed by atoms with Gasteiger partial charge in [0.05, 0.1) is 11.1 Å². The third kappa shape index (κ3) is 2.22. The molecule has 2 aliphatic rings. The van der Waals surface area contributed by atoms with Crippen LogP contribution in [0.15, 0.2) is 42.5 Å². The van der Waals surface area contributed by atoms with Gasteiger partial charge in [-0.3, -0.25) is 14.5 Å². The maximum Gasteiger partial charge on any atom is 0.261 e. The fourth-order valence-corrected chi connectivity index (χ4v) is 3.53. The molecule has 0 bridgehead atoms. The first-order chi connectivity index (χ1) is 11.1. The zero-order chi connectivity index (χ0) is 16.0. The van der Waals surface area contributed by atoms with Gasteiger partial charge in [0, 0.05) is 18.3 Å². The van der Waals surface area contributed by atoms with E-state index in [1.807, 2.05) is 6.92 Å². The number of rotatable bonds is 3. The van der Waals surface area contributed by atoms with Gasteiger partial charge in [0.1, 0.15) is 0 Å². The highest BCUT2D eigenvalue weighted by Crippen LogP contribution is 2.27. The standard InChI is InChI=1S/C19H18N2O2/c1-12(10-13-6-7-17-14(11-13)8-9-20-17)21-18(22)15-4-2-3-5-16(15)19(21)23/h2-7,11-12,20H,8-10H2,1H3. The first-order valence-electron chi connectivity index (χ1n) is 7.98. The van der Waals surface area contributed by atoms with Crippen LogP contribution in [-0.4, -0.2) is 29.3 Å². The minimum Gasteiger partial charge on any atom is -0.384 e. The van der Waals surface area contributed by atoms with Crippen LogP contribution in [0.5, 0.6) is 0 Å². The Balaban J connectivity index is 1.57. The molecular formula is C19H18N2O2. The smallest absolute Gasteiger partial charge is 0.261 e. The van der Waals surface area contributed by atoms with Crippen molar-refractivity contribution in [3.05, 3.63) is 64.7 Å². The van der Waals surface area contributed by atoms with Crippen molar-refractivity contribution >= 4 is 17.5 Å². The van der Waals surface area contributed by atoms with E-state index >= 15 is 0 Å². The lowest BCUT2D eigenvalue weighted by Gasteiger charge is -2.22. The van der Waals surface area contributed by atoms with E-state index in [1.165, 1.54) is 16.2 Å². The summed E-state index contributed by atoms with van der Waals surface area (Å²) in [6.07, 6.45) is 1.71. The fraction of sp³-hybridized carbons (Fsp3) is 0.263. The molecule has 4 heteroatoms. The Morgan fingerprint density at radius 2 is 1.78 bits per heavy atom. The number of hydrogen-bond donors (Lipinski definition) is 1. The third-order valence-corrected chi connectivity index (χ3v) is 4.68. The molecule has 1 unspecified atom stereocenters. The van der Waals surface area contributed by atoms with Crippen molar-refractivity contribution in [1.29, 1.82) is 0 Å². The third-order valence-electron chi connectivity index (χ3n) is 4.68. The normalized spacial score (nSPS) is 17.0. The lowest BCUT2D eigenvalue weighted by Crippen LogP contribution is -2.39. The van der Waals surface area contributed by atoms with Crippen molar-refractivity contribution < 1.29 is 9.59 Å². The number of nitrogens with zero attached hydrogens (tertiary/aromatic N) is 1. The summed E-state index contributed by atoms with van der Waals surface area (Å²) in [5, 5.41) is 3.34. The molecule has 0 spiro atoms. The first-order valence-corrected chi connectivity index (χ1v) is 7.98. The van der Waals surface area contributed by atoms with E-state index in [0.29, 0.717) is 17.5 Å². The Bertz CT molecular complexity index is 778. The maximum atomic E-state index is 12.5. The van der Waals surface area contributed by atoms with Gasteiger partial charge in [-0.15, -0.1) is 0 Å². The first kappa shape index (κ1) is 14.0. The van der Waals surface area contributed by atoms with E-state index in [0.717, 1.165) is 18.5 Å². The van der Waals surface area contributed by atoms with E-state index in [4.69, 9.17) is 0 Å². The Kier molecular flexibility index (Phi) is 3.18. The molecule has 2 amide bonds. The summed E-state index contributed by atoms with van der Waals surface area (Å²) in [5.74, 6) is -0.359. The fourth-order valence-electron chi connectivity index (χ4n) is 3.53. The number of imide groups is 1. The molecule has 2 aromatic rings. The number of hydrogen-bond acceptors (Lipinski definition) is 3. The molecule has 0 fully saturated rings. The van der Waals surface area contributed by atoms with Crippen LogP contribution in [0.3, 0.4) is 0 Å². The van der Waals surface area contributed by atoms with Crippen molar-refractivity contribution in [3.8, 4) is 0 Å². The molecule has 2 heterocycles. The summed E-state index contributed by atoms with van der Waals surface area (Å²) in [6.45, 7) is 2.92. The van der Waals surface area contributed by atoms with Gasteiger partial charge in [0.15, 0.2) is 0 Å². The predicted molar refractivity (Wildman–Crippen MR) is 88.7 cm³/mol. The van der Waals surface area contributed by atoms with Crippen LogP contribution >= 0.6 is 0 Å². The van der Waals surface area contributed by atoms with Gasteiger partial charge in [-0.25, -0.2) is 0 Å². The number of benzene rings is 2. The molecule has 2 aliphatic heterocycles. The monoisotopic (exact) mass is 306 g/mol. The number of carbonyl (C=O) groups is 2. The minimum absolute atomic E-state index is 0.158. The number of carbonyl (C=O) groups excluding carboxylic acids is 2. The highest BCUT2D eigenvalue weighted by atomic mass is 16.2. The molecule has 0 radical (unpaired) electrons. The van der Waals surface area contributed by atoms with Gasteiger partial charge < -0.3 is 5.32 Å². The van der Waals surface area contributed by atoms with Crippen LogP contribution in [0.2, 0.25) is 0 Å². The summed E-state index contributed by atoms with van der Waals surface area (Å²) < 4.78 is 0. The summed E-state index contributed by atoms with van der Waals surface area (Å²) in [6, 6.07) is 13.2. The van der Waals surface area contributed by atoms with Crippen LogP contribution in [0, 0.1) is 0 Å². The maximum absolute atomic E-state index is 12.5. The van der Waals surface area contributed by atoms with Gasteiger partial charge in [-0.05, 0) is 49.1 Å². The van der Waals surface area contributed by atoms with E-state index < -0.39 is 0 Å². The van der Waals surface area contributed by atoms with E-state index in [2.05, 4.69) is 23.5 Å². The molecule has 1 N–H and O–H groups in total. The number of nitrogens with one attached hydrogen (secondary N) is 1. The van der Waals surface area contributed by atoms with Crippen LogP contribution in [0.1, 0.15) is 38.8 Å². The molecule has 2 aromatic carbocycles. The zero-order valence-corrected chi connectivity index (χ0v) is 13.0. The van der Waals surface area contributed by atoms with Crippen molar-refractivity contribution in [2.45, 2.75) is 25.8 Å². The second-order valence-corrected chi connectivity index (χ2v) is 6.25. The molecule has 4 rings (SSSR count). The summed E-state index contributed by atoms with van der Waals surface area (Å²) >= 11 is 0. The van der Waals surface area contributed by atoms with Gasteiger partial charge in [0.2, 0.25) is 0 Å².